The van der Waals surface area contributed by atoms with Crippen molar-refractivity contribution in [3.05, 3.63) is 60.2 Å². The second kappa shape index (κ2) is 16.4. The smallest absolute Gasteiger partial charge is 0.231 e. The topological polar surface area (TPSA) is 84.0 Å². The SMILES string of the molecule is CC(C)C(C)(C)[Si](C)(C)OCCc1ccc(N=Nc2cc3sc(N=Nc4ccc(N(C)CCO[Si](C)(C)C(C)(C)C(C)C)cc4)nc3s2)cc1. The van der Waals surface area contributed by atoms with Crippen molar-refractivity contribution in [3.63, 3.8) is 0 Å². The first kappa shape index (κ1) is 40.2. The minimum atomic E-state index is -1.83. The first-order valence-corrected chi connectivity index (χ1v) is 25.2. The van der Waals surface area contributed by atoms with Gasteiger partial charge in [0.1, 0.15) is 9.83 Å². The zero-order chi connectivity index (χ0) is 36.9. The monoisotopic (exact) mass is 750 g/mol. The minimum absolute atomic E-state index is 0.215. The maximum Gasteiger partial charge on any atom is 0.231 e. The summed E-state index contributed by atoms with van der Waals surface area (Å²) >= 11 is 3.01. The van der Waals surface area contributed by atoms with Gasteiger partial charge < -0.3 is 13.8 Å². The lowest BCUT2D eigenvalue weighted by molar-refractivity contribution is 0.270. The van der Waals surface area contributed by atoms with Gasteiger partial charge in [-0.15, -0.1) is 20.5 Å². The zero-order valence-corrected chi connectivity index (χ0v) is 36.1. The molecule has 0 atom stereocenters. The van der Waals surface area contributed by atoms with Crippen LogP contribution in [0.3, 0.4) is 0 Å². The molecule has 0 bridgehead atoms. The fourth-order valence-electron chi connectivity index (χ4n) is 5.27. The summed E-state index contributed by atoms with van der Waals surface area (Å²) in [5.41, 5.74) is 3.98. The van der Waals surface area contributed by atoms with Gasteiger partial charge in [-0.25, -0.2) is 4.98 Å². The van der Waals surface area contributed by atoms with E-state index in [-0.39, 0.29) is 10.1 Å². The summed E-state index contributed by atoms with van der Waals surface area (Å²) in [7, 11) is -1.54. The lowest BCUT2D eigenvalue weighted by atomic mass is 9.99. The molecule has 2 heterocycles. The molecule has 0 N–H and O–H groups in total. The average Bonchev–Trinajstić information content (AvgIpc) is 3.61. The normalized spacial score (nSPS) is 13.6. The second-order valence-electron chi connectivity index (χ2n) is 16.0. The van der Waals surface area contributed by atoms with Crippen LogP contribution >= 0.6 is 22.7 Å². The minimum Gasteiger partial charge on any atom is -0.416 e. The number of nitrogens with zero attached hydrogens (tertiary/aromatic N) is 6. The molecule has 0 saturated carbocycles. The third kappa shape index (κ3) is 9.83. The number of fused-ring (bicyclic) bond motifs is 1. The molecular weight excluding hydrogens is 693 g/mol. The van der Waals surface area contributed by atoms with Crippen LogP contribution < -0.4 is 4.90 Å². The predicted octanol–water partition coefficient (Wildman–Crippen LogP) is 13.5. The molecule has 0 spiro atoms. The van der Waals surface area contributed by atoms with Crippen molar-refractivity contribution in [2.45, 2.75) is 98.1 Å². The first-order valence-electron chi connectivity index (χ1n) is 17.7. The summed E-state index contributed by atoms with van der Waals surface area (Å²) in [4.78, 5) is 7.77. The Hall–Kier alpha value is -2.62. The van der Waals surface area contributed by atoms with Crippen LogP contribution in [0.25, 0.3) is 9.53 Å². The van der Waals surface area contributed by atoms with E-state index in [0.717, 1.165) is 57.8 Å². The van der Waals surface area contributed by atoms with Gasteiger partial charge in [-0.3, -0.25) is 0 Å². The molecule has 12 heteroatoms. The highest BCUT2D eigenvalue weighted by Crippen LogP contribution is 2.45. The molecule has 272 valence electrons. The molecule has 0 aliphatic carbocycles. The van der Waals surface area contributed by atoms with Crippen LogP contribution in [0, 0.1) is 11.8 Å². The van der Waals surface area contributed by atoms with Crippen molar-refractivity contribution in [3.8, 4) is 0 Å². The van der Waals surface area contributed by atoms with Crippen molar-refractivity contribution >= 4 is 76.0 Å². The molecule has 0 aliphatic heterocycles. The van der Waals surface area contributed by atoms with E-state index < -0.39 is 16.6 Å². The van der Waals surface area contributed by atoms with E-state index in [1.807, 2.05) is 30.3 Å². The van der Waals surface area contributed by atoms with E-state index in [4.69, 9.17) is 8.85 Å². The summed E-state index contributed by atoms with van der Waals surface area (Å²) in [6.07, 6.45) is 0.893. The summed E-state index contributed by atoms with van der Waals surface area (Å²) in [5, 5.41) is 19.7. The molecule has 4 aromatic rings. The highest BCUT2D eigenvalue weighted by atomic mass is 32.1. The molecule has 0 saturated heterocycles. The van der Waals surface area contributed by atoms with Gasteiger partial charge in [0.15, 0.2) is 16.6 Å². The Labute approximate surface area is 310 Å². The Morgan fingerprint density at radius 2 is 1.24 bits per heavy atom. The molecule has 0 fully saturated rings. The summed E-state index contributed by atoms with van der Waals surface area (Å²) in [6.45, 7) is 30.2. The number of thiazole rings is 1. The van der Waals surface area contributed by atoms with E-state index in [9.17, 15) is 0 Å². The predicted molar refractivity (Wildman–Crippen MR) is 220 cm³/mol. The van der Waals surface area contributed by atoms with Crippen LogP contribution in [0.5, 0.6) is 0 Å². The fourth-order valence-corrected chi connectivity index (χ4v) is 11.9. The van der Waals surface area contributed by atoms with Crippen LogP contribution in [0.15, 0.2) is 75.1 Å². The Kier molecular flexibility index (Phi) is 13.2. The lowest BCUT2D eigenvalue weighted by Gasteiger charge is -2.42. The number of azo groups is 2. The molecular formula is C38H58N6O2S2Si2. The number of thiophene rings is 1. The second-order valence-corrected chi connectivity index (χ2v) is 27.2. The van der Waals surface area contributed by atoms with E-state index >= 15 is 0 Å². The quantitative estimate of drug-likeness (QED) is 0.0794. The van der Waals surface area contributed by atoms with Crippen LogP contribution in [0.1, 0.15) is 61.0 Å². The van der Waals surface area contributed by atoms with Crippen molar-refractivity contribution < 1.29 is 8.85 Å². The van der Waals surface area contributed by atoms with Gasteiger partial charge in [0.25, 0.3) is 0 Å². The Morgan fingerprint density at radius 3 is 1.78 bits per heavy atom. The lowest BCUT2D eigenvalue weighted by Crippen LogP contribution is -2.46. The van der Waals surface area contributed by atoms with Gasteiger partial charge in [-0.1, -0.05) is 90.2 Å². The molecule has 4 rings (SSSR count). The standard InChI is InChI=1S/C38H58N6O2S2Si2/c1-27(2)37(5,6)49(10,11)45-24-22-29-14-16-30(17-15-29)40-42-34-26-33-35(48-34)39-36(47-33)43-41-31-18-20-32(21-19-31)44(9)23-25-46-50(12,13)38(7,8)28(3)4/h14-21,26-28H,22-25H2,1-13H3. The first-order chi connectivity index (χ1) is 23.3. The molecule has 0 radical (unpaired) electrons. The molecule has 8 nitrogen and oxygen atoms in total. The number of hydrogen-bond donors (Lipinski definition) is 0. The summed E-state index contributed by atoms with van der Waals surface area (Å²) < 4.78 is 14.0. The molecule has 0 unspecified atom stereocenters. The van der Waals surface area contributed by atoms with Gasteiger partial charge in [-0.05, 0) is 103 Å². The van der Waals surface area contributed by atoms with E-state index in [1.165, 1.54) is 28.2 Å². The van der Waals surface area contributed by atoms with E-state index in [2.05, 4.69) is 143 Å². The largest absolute Gasteiger partial charge is 0.416 e. The van der Waals surface area contributed by atoms with Gasteiger partial charge in [-0.2, -0.15) is 0 Å². The summed E-state index contributed by atoms with van der Waals surface area (Å²) in [5.74, 6) is 1.18. The third-order valence-electron chi connectivity index (χ3n) is 11.5. The van der Waals surface area contributed by atoms with Crippen molar-refractivity contribution in [1.82, 2.24) is 4.98 Å². The third-order valence-corrected chi connectivity index (χ3v) is 22.7. The number of benzene rings is 2. The highest BCUT2D eigenvalue weighted by molar-refractivity contribution is 7.30. The van der Waals surface area contributed by atoms with Gasteiger partial charge in [0, 0.05) is 25.9 Å². The van der Waals surface area contributed by atoms with E-state index in [1.54, 1.807) is 0 Å². The fraction of sp³-hybridized carbons (Fsp3) is 0.553. The van der Waals surface area contributed by atoms with Crippen molar-refractivity contribution in [1.29, 1.82) is 0 Å². The van der Waals surface area contributed by atoms with Crippen LogP contribution in [-0.4, -0.2) is 48.4 Å². The number of rotatable bonds is 17. The molecule has 50 heavy (non-hydrogen) atoms. The van der Waals surface area contributed by atoms with Gasteiger partial charge in [0.05, 0.1) is 22.7 Å². The van der Waals surface area contributed by atoms with Crippen LogP contribution in [-0.2, 0) is 15.3 Å². The van der Waals surface area contributed by atoms with Gasteiger partial charge in [0.2, 0.25) is 5.13 Å². The number of aromatic nitrogens is 1. The molecule has 2 aromatic heterocycles. The summed E-state index contributed by atoms with van der Waals surface area (Å²) in [6, 6.07) is 18.4. The molecule has 0 aliphatic rings. The highest BCUT2D eigenvalue weighted by Gasteiger charge is 2.44. The Balaban J connectivity index is 1.26. The van der Waals surface area contributed by atoms with Gasteiger partial charge >= 0.3 is 0 Å². The number of hydrogen-bond acceptors (Lipinski definition) is 10. The Bertz CT molecular complexity index is 1710. The Morgan fingerprint density at radius 1 is 0.720 bits per heavy atom. The van der Waals surface area contributed by atoms with E-state index in [0.29, 0.717) is 17.0 Å². The molecule has 0 amide bonds. The maximum atomic E-state index is 6.50. The molecule has 2 aromatic carbocycles. The average molecular weight is 751 g/mol. The number of anilines is 1. The van der Waals surface area contributed by atoms with Crippen molar-refractivity contribution in [2.75, 3.05) is 31.7 Å². The van der Waals surface area contributed by atoms with Crippen molar-refractivity contribution in [2.24, 2.45) is 32.3 Å². The van der Waals surface area contributed by atoms with Crippen LogP contribution in [0.4, 0.5) is 27.2 Å². The van der Waals surface area contributed by atoms with Crippen LogP contribution in [0.2, 0.25) is 36.3 Å². The number of likely N-dealkylation sites (N-methyl/N-ethyl adjacent to an activating group) is 1. The maximum absolute atomic E-state index is 6.50. The zero-order valence-electron chi connectivity index (χ0n) is 32.5.